The van der Waals surface area contributed by atoms with Gasteiger partial charge in [0.25, 0.3) is 0 Å². The largest absolute Gasteiger partial charge is 0.486 e. The molecule has 2 aliphatic heterocycles. The van der Waals surface area contributed by atoms with Gasteiger partial charge in [-0.3, -0.25) is 9.59 Å². The van der Waals surface area contributed by atoms with E-state index in [-0.39, 0.29) is 17.7 Å². The molecule has 6 nitrogen and oxygen atoms in total. The van der Waals surface area contributed by atoms with Gasteiger partial charge in [0.05, 0.1) is 5.92 Å². The predicted octanol–water partition coefficient (Wildman–Crippen LogP) is 2.60. The van der Waals surface area contributed by atoms with Gasteiger partial charge < -0.3 is 19.3 Å². The standard InChI is InChI=1S/C21H26N2O4/c1-13(14-2-3-14)23(16-4-5-16)21(25)15-10-20(24)22(12-15)17-6-7-18-19(11-17)27-9-8-26-18/h6-7,11,13-16H,2-5,8-10,12H2,1H3. The van der Waals surface area contributed by atoms with Crippen LogP contribution in [0.3, 0.4) is 0 Å². The summed E-state index contributed by atoms with van der Waals surface area (Å²) in [6.45, 7) is 3.70. The van der Waals surface area contributed by atoms with E-state index in [4.69, 9.17) is 9.47 Å². The summed E-state index contributed by atoms with van der Waals surface area (Å²) in [4.78, 5) is 29.8. The van der Waals surface area contributed by atoms with Crippen LogP contribution in [0, 0.1) is 11.8 Å². The van der Waals surface area contributed by atoms with E-state index in [2.05, 4.69) is 11.8 Å². The monoisotopic (exact) mass is 370 g/mol. The maximum absolute atomic E-state index is 13.3. The van der Waals surface area contributed by atoms with Crippen LogP contribution >= 0.6 is 0 Å². The van der Waals surface area contributed by atoms with Gasteiger partial charge in [-0.05, 0) is 50.7 Å². The lowest BCUT2D eigenvalue weighted by molar-refractivity contribution is -0.138. The van der Waals surface area contributed by atoms with Gasteiger partial charge in [-0.2, -0.15) is 0 Å². The first-order valence-corrected chi connectivity index (χ1v) is 10.1. The third-order valence-corrected chi connectivity index (χ3v) is 6.25. The second-order valence-corrected chi connectivity index (χ2v) is 8.29. The van der Waals surface area contributed by atoms with Gasteiger partial charge in [-0.25, -0.2) is 0 Å². The van der Waals surface area contributed by atoms with Crippen LogP contribution < -0.4 is 14.4 Å². The molecule has 144 valence electrons. The fourth-order valence-electron chi connectivity index (χ4n) is 4.40. The van der Waals surface area contributed by atoms with Crippen molar-refractivity contribution in [2.24, 2.45) is 11.8 Å². The second kappa shape index (κ2) is 6.43. The number of fused-ring (bicyclic) bond motifs is 1. The molecule has 2 aliphatic carbocycles. The lowest BCUT2D eigenvalue weighted by Gasteiger charge is -2.31. The Hall–Kier alpha value is -2.24. The molecule has 2 atom stereocenters. The zero-order valence-corrected chi connectivity index (χ0v) is 15.7. The number of benzene rings is 1. The van der Waals surface area contributed by atoms with Crippen molar-refractivity contribution in [3.8, 4) is 11.5 Å². The van der Waals surface area contributed by atoms with Crippen molar-refractivity contribution in [1.82, 2.24) is 4.90 Å². The summed E-state index contributed by atoms with van der Waals surface area (Å²) in [6, 6.07) is 6.28. The van der Waals surface area contributed by atoms with E-state index < -0.39 is 0 Å². The highest BCUT2D eigenvalue weighted by Gasteiger charge is 2.46. The first kappa shape index (κ1) is 16.9. The number of ether oxygens (including phenoxy) is 2. The molecule has 0 radical (unpaired) electrons. The highest BCUT2D eigenvalue weighted by molar-refractivity contribution is 6.00. The van der Waals surface area contributed by atoms with E-state index in [1.165, 1.54) is 12.8 Å². The Kier molecular flexibility index (Phi) is 4.02. The summed E-state index contributed by atoms with van der Waals surface area (Å²) >= 11 is 0. The molecule has 6 heteroatoms. The Bertz CT molecular complexity index is 771. The van der Waals surface area contributed by atoms with Gasteiger partial charge in [0.2, 0.25) is 11.8 Å². The number of rotatable bonds is 5. The molecule has 2 saturated carbocycles. The molecule has 5 rings (SSSR count). The zero-order valence-electron chi connectivity index (χ0n) is 15.7. The molecule has 1 aromatic carbocycles. The van der Waals surface area contributed by atoms with Crippen LogP contribution in [0.1, 0.15) is 39.0 Å². The van der Waals surface area contributed by atoms with Crippen LogP contribution in [0.5, 0.6) is 11.5 Å². The number of hydrogen-bond acceptors (Lipinski definition) is 4. The molecule has 0 N–H and O–H groups in total. The van der Waals surface area contributed by atoms with Crippen molar-refractivity contribution in [3.05, 3.63) is 18.2 Å². The molecular weight excluding hydrogens is 344 g/mol. The minimum Gasteiger partial charge on any atom is -0.486 e. The summed E-state index contributed by atoms with van der Waals surface area (Å²) in [5.74, 6) is 1.98. The zero-order chi connectivity index (χ0) is 18.5. The minimum atomic E-state index is -0.243. The normalized spacial score (nSPS) is 25.4. The maximum Gasteiger partial charge on any atom is 0.228 e. The molecule has 1 aromatic rings. The van der Waals surface area contributed by atoms with Crippen LogP contribution in [-0.2, 0) is 9.59 Å². The van der Waals surface area contributed by atoms with Crippen LogP contribution in [0.15, 0.2) is 18.2 Å². The molecule has 4 aliphatic rings. The molecule has 3 fully saturated rings. The topological polar surface area (TPSA) is 59.1 Å². The smallest absolute Gasteiger partial charge is 0.228 e. The molecule has 2 amide bonds. The number of carbonyl (C=O) groups is 2. The first-order valence-electron chi connectivity index (χ1n) is 10.1. The molecule has 1 saturated heterocycles. The van der Waals surface area contributed by atoms with Gasteiger partial charge in [-0.15, -0.1) is 0 Å². The van der Waals surface area contributed by atoms with Crippen molar-refractivity contribution < 1.29 is 19.1 Å². The molecule has 0 spiro atoms. The molecule has 0 bridgehead atoms. The Morgan fingerprint density at radius 1 is 1.15 bits per heavy atom. The number of amides is 2. The van der Waals surface area contributed by atoms with Crippen LogP contribution in [0.2, 0.25) is 0 Å². The SMILES string of the molecule is CC(C1CC1)N(C(=O)C1CC(=O)N(c2ccc3c(c2)OCCO3)C1)C1CC1. The van der Waals surface area contributed by atoms with Crippen molar-refractivity contribution >= 4 is 17.5 Å². The summed E-state index contributed by atoms with van der Waals surface area (Å²) in [5, 5.41) is 0. The van der Waals surface area contributed by atoms with Crippen molar-refractivity contribution in [1.29, 1.82) is 0 Å². The van der Waals surface area contributed by atoms with Gasteiger partial charge >= 0.3 is 0 Å². The van der Waals surface area contributed by atoms with Gasteiger partial charge in [-0.1, -0.05) is 0 Å². The van der Waals surface area contributed by atoms with Crippen LogP contribution in [0.25, 0.3) is 0 Å². The quantitative estimate of drug-likeness (QED) is 0.799. The maximum atomic E-state index is 13.3. The lowest BCUT2D eigenvalue weighted by atomic mass is 10.0. The van der Waals surface area contributed by atoms with E-state index in [1.54, 1.807) is 4.90 Å². The molecule has 0 aromatic heterocycles. The summed E-state index contributed by atoms with van der Waals surface area (Å²) in [5.41, 5.74) is 0.785. The van der Waals surface area contributed by atoms with E-state index in [1.807, 2.05) is 18.2 Å². The Morgan fingerprint density at radius 3 is 2.59 bits per heavy atom. The van der Waals surface area contributed by atoms with Crippen molar-refractivity contribution in [3.63, 3.8) is 0 Å². The third kappa shape index (κ3) is 3.15. The number of anilines is 1. The second-order valence-electron chi connectivity index (χ2n) is 8.29. The lowest BCUT2D eigenvalue weighted by Crippen LogP contribution is -2.45. The van der Waals surface area contributed by atoms with Gasteiger partial charge in [0.15, 0.2) is 11.5 Å². The third-order valence-electron chi connectivity index (χ3n) is 6.25. The molecule has 27 heavy (non-hydrogen) atoms. The minimum absolute atomic E-state index is 0.0137. The van der Waals surface area contributed by atoms with Crippen molar-refractivity contribution in [2.75, 3.05) is 24.7 Å². The van der Waals surface area contributed by atoms with Crippen LogP contribution in [-0.4, -0.2) is 48.6 Å². The van der Waals surface area contributed by atoms with Crippen molar-refractivity contribution in [2.45, 2.75) is 51.1 Å². The van der Waals surface area contributed by atoms with Crippen LogP contribution in [0.4, 0.5) is 5.69 Å². The Balaban J connectivity index is 1.33. The fraction of sp³-hybridized carbons (Fsp3) is 0.619. The molecule has 2 unspecified atom stereocenters. The van der Waals surface area contributed by atoms with Gasteiger partial charge in [0, 0.05) is 36.8 Å². The van der Waals surface area contributed by atoms with Gasteiger partial charge in [0.1, 0.15) is 13.2 Å². The summed E-state index contributed by atoms with van der Waals surface area (Å²) < 4.78 is 11.2. The highest BCUT2D eigenvalue weighted by Crippen LogP contribution is 2.42. The Morgan fingerprint density at radius 2 is 1.89 bits per heavy atom. The van der Waals surface area contributed by atoms with E-state index >= 15 is 0 Å². The fourth-order valence-corrected chi connectivity index (χ4v) is 4.40. The number of nitrogens with zero attached hydrogens (tertiary/aromatic N) is 2. The van der Waals surface area contributed by atoms with E-state index in [0.717, 1.165) is 18.5 Å². The highest BCUT2D eigenvalue weighted by atomic mass is 16.6. The molecular formula is C21H26N2O4. The number of carbonyl (C=O) groups excluding carboxylic acids is 2. The summed E-state index contributed by atoms with van der Waals surface area (Å²) in [6.07, 6.45) is 4.97. The van der Waals surface area contributed by atoms with E-state index in [0.29, 0.717) is 55.7 Å². The number of hydrogen-bond donors (Lipinski definition) is 0. The average molecular weight is 370 g/mol. The first-order chi connectivity index (χ1) is 13.1. The predicted molar refractivity (Wildman–Crippen MR) is 99.9 cm³/mol. The molecule has 2 heterocycles. The van der Waals surface area contributed by atoms with E-state index in [9.17, 15) is 9.59 Å². The average Bonchev–Trinajstić information content (AvgIpc) is 3.59. The Labute approximate surface area is 159 Å². The summed E-state index contributed by atoms with van der Waals surface area (Å²) in [7, 11) is 0.